The molecule has 0 aliphatic rings. The summed E-state index contributed by atoms with van der Waals surface area (Å²) in [5.74, 6) is 2.99. The molecule has 1 N–H and O–H groups in total. The zero-order valence-corrected chi connectivity index (χ0v) is 11.8. The fraction of sp³-hybridized carbons (Fsp3) is 0.667. The molecule has 0 saturated carbocycles. The molecule has 16 heavy (non-hydrogen) atoms. The maximum Gasteiger partial charge on any atom is 0.149 e. The van der Waals surface area contributed by atoms with Gasteiger partial charge in [-0.25, -0.2) is 0 Å². The quantitative estimate of drug-likeness (QED) is 0.346. The van der Waals surface area contributed by atoms with Gasteiger partial charge in [-0.2, -0.15) is 0 Å². The SMILES string of the molecule is C/C=C/[C@H](O)[C@H](C#C[Si](C)(C)C)OCOC. The Morgan fingerprint density at radius 2 is 2.00 bits per heavy atom. The Kier molecular flexibility index (Phi) is 7.35. The highest BCUT2D eigenvalue weighted by atomic mass is 28.3. The van der Waals surface area contributed by atoms with Crippen LogP contribution in [0.15, 0.2) is 12.2 Å². The molecular weight excluding hydrogens is 220 g/mol. The van der Waals surface area contributed by atoms with Crippen molar-refractivity contribution in [2.75, 3.05) is 13.9 Å². The third kappa shape index (κ3) is 7.66. The minimum atomic E-state index is -1.45. The summed E-state index contributed by atoms with van der Waals surface area (Å²) in [6.07, 6.45) is 2.23. The fourth-order valence-electron chi connectivity index (χ4n) is 0.953. The molecule has 0 aliphatic heterocycles. The molecule has 0 saturated heterocycles. The van der Waals surface area contributed by atoms with Gasteiger partial charge >= 0.3 is 0 Å². The van der Waals surface area contributed by atoms with Crippen molar-refractivity contribution < 1.29 is 14.6 Å². The number of aliphatic hydroxyl groups is 1. The fourth-order valence-corrected chi connectivity index (χ4v) is 1.53. The van der Waals surface area contributed by atoms with E-state index in [2.05, 4.69) is 31.1 Å². The lowest BCUT2D eigenvalue weighted by atomic mass is 10.2. The predicted octanol–water partition coefficient (Wildman–Crippen LogP) is 1.79. The van der Waals surface area contributed by atoms with E-state index in [1.807, 2.05) is 6.92 Å². The van der Waals surface area contributed by atoms with Crippen LogP contribution in [-0.2, 0) is 9.47 Å². The smallest absolute Gasteiger partial charge is 0.149 e. The van der Waals surface area contributed by atoms with Crippen LogP contribution in [0.2, 0.25) is 19.6 Å². The maximum atomic E-state index is 9.78. The molecule has 3 nitrogen and oxygen atoms in total. The Hall–Kier alpha value is -0.603. The number of allylic oxidation sites excluding steroid dienone is 1. The van der Waals surface area contributed by atoms with Crippen molar-refractivity contribution in [3.63, 3.8) is 0 Å². The van der Waals surface area contributed by atoms with E-state index in [1.165, 1.54) is 0 Å². The Morgan fingerprint density at radius 1 is 1.38 bits per heavy atom. The Labute approximate surface area is 99.5 Å². The number of methoxy groups -OCH3 is 1. The molecule has 0 rings (SSSR count). The molecule has 0 aliphatic carbocycles. The third-order valence-electron chi connectivity index (χ3n) is 1.65. The zero-order chi connectivity index (χ0) is 12.6. The van der Waals surface area contributed by atoms with E-state index in [-0.39, 0.29) is 6.79 Å². The summed E-state index contributed by atoms with van der Waals surface area (Å²) >= 11 is 0. The predicted molar refractivity (Wildman–Crippen MR) is 68.7 cm³/mol. The van der Waals surface area contributed by atoms with Crippen LogP contribution in [0.5, 0.6) is 0 Å². The number of hydrogen-bond donors (Lipinski definition) is 1. The van der Waals surface area contributed by atoms with E-state index >= 15 is 0 Å². The van der Waals surface area contributed by atoms with Crippen LogP contribution < -0.4 is 0 Å². The van der Waals surface area contributed by atoms with E-state index in [1.54, 1.807) is 19.3 Å². The van der Waals surface area contributed by atoms with Crippen molar-refractivity contribution in [1.29, 1.82) is 0 Å². The molecule has 0 heterocycles. The van der Waals surface area contributed by atoms with Crippen molar-refractivity contribution in [3.8, 4) is 11.5 Å². The van der Waals surface area contributed by atoms with Crippen LogP contribution in [0.4, 0.5) is 0 Å². The van der Waals surface area contributed by atoms with Gasteiger partial charge in [0.1, 0.15) is 27.1 Å². The molecule has 0 aromatic rings. The average molecular weight is 242 g/mol. The molecule has 92 valence electrons. The van der Waals surface area contributed by atoms with Gasteiger partial charge in [0.2, 0.25) is 0 Å². The minimum absolute atomic E-state index is 0.139. The highest BCUT2D eigenvalue weighted by Crippen LogP contribution is 2.03. The summed E-state index contributed by atoms with van der Waals surface area (Å²) in [7, 11) is 0.102. The average Bonchev–Trinajstić information content (AvgIpc) is 2.16. The van der Waals surface area contributed by atoms with Gasteiger partial charge in [0.15, 0.2) is 0 Å². The van der Waals surface area contributed by atoms with Crippen molar-refractivity contribution in [1.82, 2.24) is 0 Å². The number of rotatable bonds is 5. The van der Waals surface area contributed by atoms with E-state index in [9.17, 15) is 5.11 Å². The molecule has 2 atom stereocenters. The van der Waals surface area contributed by atoms with Crippen molar-refractivity contribution in [2.45, 2.75) is 38.8 Å². The third-order valence-corrected chi connectivity index (χ3v) is 2.55. The molecule has 0 bridgehead atoms. The van der Waals surface area contributed by atoms with Gasteiger partial charge in [0.05, 0.1) is 0 Å². The first-order chi connectivity index (χ1) is 7.40. The van der Waals surface area contributed by atoms with Gasteiger partial charge in [-0.1, -0.05) is 37.7 Å². The van der Waals surface area contributed by atoms with Gasteiger partial charge in [-0.3, -0.25) is 0 Å². The highest BCUT2D eigenvalue weighted by Gasteiger charge is 2.16. The summed E-state index contributed by atoms with van der Waals surface area (Å²) in [6, 6.07) is 0. The summed E-state index contributed by atoms with van der Waals surface area (Å²) in [5.41, 5.74) is 3.18. The van der Waals surface area contributed by atoms with Crippen LogP contribution >= 0.6 is 0 Å². The molecule has 4 heteroatoms. The van der Waals surface area contributed by atoms with E-state index < -0.39 is 20.3 Å². The number of aliphatic hydroxyl groups excluding tert-OH is 1. The van der Waals surface area contributed by atoms with Crippen LogP contribution in [0.3, 0.4) is 0 Å². The minimum Gasteiger partial charge on any atom is -0.385 e. The second-order valence-electron chi connectivity index (χ2n) is 4.53. The first kappa shape index (κ1) is 15.4. The number of ether oxygens (including phenoxy) is 2. The highest BCUT2D eigenvalue weighted by molar-refractivity contribution is 6.83. The van der Waals surface area contributed by atoms with Crippen LogP contribution in [0.25, 0.3) is 0 Å². The first-order valence-corrected chi connectivity index (χ1v) is 8.85. The lowest BCUT2D eigenvalue weighted by molar-refractivity contribution is -0.0797. The Bertz CT molecular complexity index is 270. The molecule has 0 unspecified atom stereocenters. The maximum absolute atomic E-state index is 9.78. The second-order valence-corrected chi connectivity index (χ2v) is 9.28. The molecule has 0 aromatic carbocycles. The summed E-state index contributed by atoms with van der Waals surface area (Å²) in [6.45, 7) is 8.43. The normalized spacial score (nSPS) is 15.6. The molecular formula is C12H22O3Si. The van der Waals surface area contributed by atoms with Crippen LogP contribution in [0.1, 0.15) is 6.92 Å². The van der Waals surface area contributed by atoms with Crippen molar-refractivity contribution >= 4 is 8.07 Å². The second kappa shape index (κ2) is 7.63. The molecule has 0 amide bonds. The van der Waals surface area contributed by atoms with Crippen LogP contribution in [0, 0.1) is 11.5 Å². The van der Waals surface area contributed by atoms with Crippen molar-refractivity contribution in [2.24, 2.45) is 0 Å². The lowest BCUT2D eigenvalue weighted by Gasteiger charge is -2.16. The van der Waals surface area contributed by atoms with Gasteiger partial charge in [0, 0.05) is 7.11 Å². The van der Waals surface area contributed by atoms with Gasteiger partial charge in [-0.05, 0) is 6.92 Å². The lowest BCUT2D eigenvalue weighted by Crippen LogP contribution is -2.28. The zero-order valence-electron chi connectivity index (χ0n) is 10.8. The Balaban J connectivity index is 4.58. The molecule has 0 fully saturated rings. The van der Waals surface area contributed by atoms with Gasteiger partial charge in [-0.15, -0.1) is 5.54 Å². The Morgan fingerprint density at radius 3 is 2.44 bits per heavy atom. The standard InChI is InChI=1S/C12H22O3Si/c1-6-7-11(13)12(15-10-14-2)8-9-16(3,4)5/h6-7,11-13H,10H2,1-5H3/b7-6+/t11-,12-/m0/s1. The van der Waals surface area contributed by atoms with E-state index in [0.29, 0.717) is 0 Å². The summed E-state index contributed by atoms with van der Waals surface area (Å²) in [4.78, 5) is 0. The largest absolute Gasteiger partial charge is 0.385 e. The molecule has 0 radical (unpaired) electrons. The van der Waals surface area contributed by atoms with E-state index in [4.69, 9.17) is 9.47 Å². The number of hydrogen-bond acceptors (Lipinski definition) is 3. The van der Waals surface area contributed by atoms with Gasteiger partial charge < -0.3 is 14.6 Å². The summed E-state index contributed by atoms with van der Waals surface area (Å²) in [5, 5.41) is 9.78. The first-order valence-electron chi connectivity index (χ1n) is 5.35. The van der Waals surface area contributed by atoms with Gasteiger partial charge in [0.25, 0.3) is 0 Å². The summed E-state index contributed by atoms with van der Waals surface area (Å²) < 4.78 is 10.1. The van der Waals surface area contributed by atoms with Crippen molar-refractivity contribution in [3.05, 3.63) is 12.2 Å². The molecule has 0 spiro atoms. The molecule has 0 aromatic heterocycles. The van der Waals surface area contributed by atoms with Crippen LogP contribution in [-0.4, -0.2) is 39.3 Å². The van der Waals surface area contributed by atoms with E-state index in [0.717, 1.165) is 0 Å². The topological polar surface area (TPSA) is 38.7 Å². The monoisotopic (exact) mass is 242 g/mol.